The SMILES string of the molecule is C=C(c1ccn2c(C)c(-c3cc4c(F)cccc4n3CC3CC3)nc2c1)N1CCCC(N)C1. The zero-order valence-electron chi connectivity index (χ0n) is 19.1. The quantitative estimate of drug-likeness (QED) is 0.461. The molecule has 0 bridgehead atoms. The Bertz CT molecular complexity index is 1380. The van der Waals surface area contributed by atoms with Gasteiger partial charge in [-0.15, -0.1) is 0 Å². The van der Waals surface area contributed by atoms with Crippen molar-refractivity contribution in [3.8, 4) is 11.4 Å². The molecule has 6 rings (SSSR count). The summed E-state index contributed by atoms with van der Waals surface area (Å²) in [5, 5.41) is 0.667. The van der Waals surface area contributed by atoms with Crippen molar-refractivity contribution in [2.24, 2.45) is 11.7 Å². The molecule has 1 aromatic carbocycles. The van der Waals surface area contributed by atoms with Crippen molar-refractivity contribution in [2.45, 2.75) is 45.2 Å². The third-order valence-electron chi connectivity index (χ3n) is 7.31. The van der Waals surface area contributed by atoms with Crippen LogP contribution in [0.15, 0.2) is 49.2 Å². The van der Waals surface area contributed by atoms with Crippen LogP contribution in [0.5, 0.6) is 0 Å². The van der Waals surface area contributed by atoms with Crippen molar-refractivity contribution >= 4 is 22.2 Å². The molecular formula is C27H30FN5. The van der Waals surface area contributed by atoms with Gasteiger partial charge in [0, 0.05) is 54.2 Å². The highest BCUT2D eigenvalue weighted by molar-refractivity contribution is 5.88. The number of nitrogens with two attached hydrogens (primary N) is 1. The molecule has 3 aromatic heterocycles. The molecule has 1 saturated carbocycles. The van der Waals surface area contributed by atoms with Gasteiger partial charge in [0.1, 0.15) is 17.2 Å². The average molecular weight is 444 g/mol. The maximum atomic E-state index is 14.6. The van der Waals surface area contributed by atoms with Gasteiger partial charge in [-0.3, -0.25) is 0 Å². The van der Waals surface area contributed by atoms with Gasteiger partial charge in [-0.1, -0.05) is 12.6 Å². The number of aromatic nitrogens is 3. The van der Waals surface area contributed by atoms with Crippen LogP contribution in [0, 0.1) is 18.7 Å². The van der Waals surface area contributed by atoms with Gasteiger partial charge >= 0.3 is 0 Å². The first-order valence-corrected chi connectivity index (χ1v) is 12.0. The number of hydrogen-bond acceptors (Lipinski definition) is 3. The van der Waals surface area contributed by atoms with Gasteiger partial charge < -0.3 is 19.6 Å². The monoisotopic (exact) mass is 443 g/mol. The molecule has 0 radical (unpaired) electrons. The molecule has 1 atom stereocenters. The highest BCUT2D eigenvalue weighted by atomic mass is 19.1. The number of halogens is 1. The maximum absolute atomic E-state index is 14.6. The van der Waals surface area contributed by atoms with Gasteiger partial charge in [0.05, 0.1) is 11.2 Å². The number of aryl methyl sites for hydroxylation is 1. The van der Waals surface area contributed by atoms with E-state index in [1.165, 1.54) is 18.9 Å². The van der Waals surface area contributed by atoms with Crippen LogP contribution < -0.4 is 5.73 Å². The molecule has 0 spiro atoms. The summed E-state index contributed by atoms with van der Waals surface area (Å²) in [6.07, 6.45) is 6.71. The average Bonchev–Trinajstić information content (AvgIpc) is 3.48. The van der Waals surface area contributed by atoms with Crippen molar-refractivity contribution in [1.29, 1.82) is 0 Å². The van der Waals surface area contributed by atoms with E-state index in [1.54, 1.807) is 6.07 Å². The van der Waals surface area contributed by atoms with E-state index in [-0.39, 0.29) is 11.9 Å². The van der Waals surface area contributed by atoms with Crippen LogP contribution in [-0.2, 0) is 6.54 Å². The van der Waals surface area contributed by atoms with E-state index in [0.29, 0.717) is 11.3 Å². The third-order valence-corrected chi connectivity index (χ3v) is 7.31. The molecule has 2 aliphatic rings. The Hall–Kier alpha value is -3.12. The molecule has 0 amide bonds. The van der Waals surface area contributed by atoms with Crippen molar-refractivity contribution < 1.29 is 4.39 Å². The smallest absolute Gasteiger partial charge is 0.138 e. The molecule has 2 N–H and O–H groups in total. The minimum atomic E-state index is -0.178. The van der Waals surface area contributed by atoms with Gasteiger partial charge in [0.2, 0.25) is 0 Å². The second-order valence-corrected chi connectivity index (χ2v) is 9.74. The Balaban J connectivity index is 1.43. The number of pyridine rings is 1. The van der Waals surface area contributed by atoms with Gasteiger partial charge in [0.15, 0.2) is 0 Å². The lowest BCUT2D eigenvalue weighted by molar-refractivity contribution is 0.296. The molecule has 1 saturated heterocycles. The van der Waals surface area contributed by atoms with Crippen molar-refractivity contribution in [3.05, 3.63) is 66.2 Å². The number of hydrogen-bond donors (Lipinski definition) is 1. The lowest BCUT2D eigenvalue weighted by atomic mass is 10.0. The molecular weight excluding hydrogens is 413 g/mol. The normalized spacial score (nSPS) is 19.0. The molecule has 6 heteroatoms. The summed E-state index contributed by atoms with van der Waals surface area (Å²) in [6, 6.07) is 11.7. The van der Waals surface area contributed by atoms with E-state index in [0.717, 1.165) is 72.0 Å². The number of rotatable bonds is 5. The largest absolute Gasteiger partial charge is 0.370 e. The fourth-order valence-corrected chi connectivity index (χ4v) is 5.23. The van der Waals surface area contributed by atoms with E-state index in [1.807, 2.05) is 12.1 Å². The first-order valence-electron chi connectivity index (χ1n) is 12.0. The molecule has 170 valence electrons. The van der Waals surface area contributed by atoms with Crippen LogP contribution in [0.4, 0.5) is 4.39 Å². The maximum Gasteiger partial charge on any atom is 0.138 e. The fraction of sp³-hybridized carbons (Fsp3) is 0.370. The third kappa shape index (κ3) is 3.53. The molecule has 2 fully saturated rings. The molecule has 1 aliphatic carbocycles. The minimum Gasteiger partial charge on any atom is -0.370 e. The van der Waals surface area contributed by atoms with Crippen LogP contribution >= 0.6 is 0 Å². The van der Waals surface area contributed by atoms with Crippen molar-refractivity contribution in [2.75, 3.05) is 13.1 Å². The summed E-state index contributed by atoms with van der Waals surface area (Å²) in [4.78, 5) is 7.32. The van der Waals surface area contributed by atoms with Crippen molar-refractivity contribution in [3.63, 3.8) is 0 Å². The van der Waals surface area contributed by atoms with Crippen LogP contribution in [0.25, 0.3) is 33.6 Å². The summed E-state index contributed by atoms with van der Waals surface area (Å²) in [5.41, 5.74) is 13.0. The summed E-state index contributed by atoms with van der Waals surface area (Å²) in [6.45, 7) is 9.19. The molecule has 4 aromatic rings. The van der Waals surface area contributed by atoms with E-state index < -0.39 is 0 Å². The summed E-state index contributed by atoms with van der Waals surface area (Å²) in [5.74, 6) is 0.494. The van der Waals surface area contributed by atoms with Crippen LogP contribution in [0.3, 0.4) is 0 Å². The van der Waals surface area contributed by atoms with Gasteiger partial charge in [-0.25, -0.2) is 9.37 Å². The van der Waals surface area contributed by atoms with Crippen LogP contribution in [-0.4, -0.2) is 38.0 Å². The lowest BCUT2D eigenvalue weighted by Crippen LogP contribution is -2.41. The van der Waals surface area contributed by atoms with Gasteiger partial charge in [-0.2, -0.15) is 0 Å². The molecule has 1 unspecified atom stereocenters. The number of nitrogens with zero attached hydrogens (tertiary/aromatic N) is 4. The Morgan fingerprint density at radius 1 is 1.21 bits per heavy atom. The zero-order chi connectivity index (χ0) is 22.7. The molecule has 33 heavy (non-hydrogen) atoms. The Morgan fingerprint density at radius 3 is 2.85 bits per heavy atom. The predicted molar refractivity (Wildman–Crippen MR) is 131 cm³/mol. The number of benzene rings is 1. The second kappa shape index (κ2) is 7.73. The summed E-state index contributed by atoms with van der Waals surface area (Å²) in [7, 11) is 0. The fourth-order valence-electron chi connectivity index (χ4n) is 5.23. The minimum absolute atomic E-state index is 0.178. The zero-order valence-corrected chi connectivity index (χ0v) is 19.1. The first-order chi connectivity index (χ1) is 16.0. The van der Waals surface area contributed by atoms with Crippen LogP contribution in [0.2, 0.25) is 0 Å². The predicted octanol–water partition coefficient (Wildman–Crippen LogP) is 5.21. The first kappa shape index (κ1) is 20.5. The highest BCUT2D eigenvalue weighted by Crippen LogP contribution is 2.37. The van der Waals surface area contributed by atoms with Gasteiger partial charge in [-0.05, 0) is 68.9 Å². The van der Waals surface area contributed by atoms with Gasteiger partial charge in [0.25, 0.3) is 0 Å². The lowest BCUT2D eigenvalue weighted by Gasteiger charge is -2.34. The van der Waals surface area contributed by atoms with E-state index >= 15 is 0 Å². The van der Waals surface area contributed by atoms with E-state index in [4.69, 9.17) is 10.7 Å². The summed E-state index contributed by atoms with van der Waals surface area (Å²) >= 11 is 0. The molecule has 1 aliphatic heterocycles. The number of imidazole rings is 1. The van der Waals surface area contributed by atoms with E-state index in [9.17, 15) is 4.39 Å². The van der Waals surface area contributed by atoms with Crippen molar-refractivity contribution in [1.82, 2.24) is 18.9 Å². The second-order valence-electron chi connectivity index (χ2n) is 9.74. The molecule has 4 heterocycles. The van der Waals surface area contributed by atoms with E-state index in [2.05, 4.69) is 45.7 Å². The molecule has 5 nitrogen and oxygen atoms in total. The Labute approximate surface area is 193 Å². The number of fused-ring (bicyclic) bond motifs is 2. The van der Waals surface area contributed by atoms with Crippen LogP contribution in [0.1, 0.15) is 36.9 Å². The number of likely N-dealkylation sites (tertiary alicyclic amines) is 1. The Morgan fingerprint density at radius 2 is 2.06 bits per heavy atom. The Kier molecular flexibility index (Phi) is 4.80. The topological polar surface area (TPSA) is 51.5 Å². The summed E-state index contributed by atoms with van der Waals surface area (Å²) < 4.78 is 19.0. The number of piperidine rings is 1. The standard InChI is InChI=1S/C27H30FN5/c1-17(31-11-4-5-21(29)16-31)20-10-12-32-18(2)27(30-26(32)13-20)25-14-22-23(28)6-3-7-24(22)33(25)15-19-8-9-19/h3,6-7,10,12-14,19,21H,1,4-5,8-9,11,15-16,29H2,2H3. The highest BCUT2D eigenvalue weighted by Gasteiger charge is 2.26.